The van der Waals surface area contributed by atoms with E-state index in [1.54, 1.807) is 35.4 Å². The van der Waals surface area contributed by atoms with Crippen LogP contribution in [0.2, 0.25) is 0 Å². The fraction of sp³-hybridized carbons (Fsp3) is 0.261. The molecule has 0 atom stereocenters. The number of aromatic nitrogens is 2. The van der Waals surface area contributed by atoms with Crippen LogP contribution in [0.3, 0.4) is 0 Å². The third-order valence-electron chi connectivity index (χ3n) is 5.23. The zero-order chi connectivity index (χ0) is 20.9. The smallest absolute Gasteiger partial charge is 0.255 e. The van der Waals surface area contributed by atoms with Crippen molar-refractivity contribution in [3.63, 3.8) is 0 Å². The summed E-state index contributed by atoms with van der Waals surface area (Å²) in [7, 11) is 0. The lowest BCUT2D eigenvalue weighted by Crippen LogP contribution is -2.41. The molecule has 1 N–H and O–H groups in total. The fourth-order valence-electron chi connectivity index (χ4n) is 3.48. The van der Waals surface area contributed by atoms with Gasteiger partial charge >= 0.3 is 0 Å². The van der Waals surface area contributed by atoms with Crippen molar-refractivity contribution in [2.75, 3.05) is 31.6 Å². The number of nitrogens with zero attached hydrogens (tertiary/aromatic N) is 3. The molecule has 0 aliphatic carbocycles. The average Bonchev–Trinajstić information content (AvgIpc) is 3.29. The highest BCUT2D eigenvalue weighted by molar-refractivity contribution is 6.06. The lowest BCUT2D eigenvalue weighted by atomic mass is 10.0. The molecular formula is C23H24N4O3. The SMILES string of the molecule is Cc1c(NC(=O)c2ccc(Cn3cccn3)cc2)cccc1C(=O)N1CCOCC1. The number of nitrogens with one attached hydrogen (secondary N) is 1. The topological polar surface area (TPSA) is 76.5 Å². The van der Waals surface area contributed by atoms with Crippen molar-refractivity contribution >= 4 is 17.5 Å². The maximum atomic E-state index is 12.8. The molecule has 2 aromatic carbocycles. The van der Waals surface area contributed by atoms with Gasteiger partial charge in [0.25, 0.3) is 11.8 Å². The number of benzene rings is 2. The van der Waals surface area contributed by atoms with Gasteiger partial charge in [-0.15, -0.1) is 0 Å². The van der Waals surface area contributed by atoms with Crippen LogP contribution in [0, 0.1) is 6.92 Å². The molecule has 30 heavy (non-hydrogen) atoms. The molecule has 7 heteroatoms. The van der Waals surface area contributed by atoms with Gasteiger partial charge in [-0.1, -0.05) is 18.2 Å². The minimum atomic E-state index is -0.209. The number of anilines is 1. The van der Waals surface area contributed by atoms with Gasteiger partial charge in [0.15, 0.2) is 0 Å². The highest BCUT2D eigenvalue weighted by atomic mass is 16.5. The zero-order valence-electron chi connectivity index (χ0n) is 16.9. The second kappa shape index (κ2) is 8.92. The Kier molecular flexibility index (Phi) is 5.90. The average molecular weight is 404 g/mol. The second-order valence-corrected chi connectivity index (χ2v) is 7.24. The number of hydrogen-bond donors (Lipinski definition) is 1. The maximum absolute atomic E-state index is 12.8. The molecule has 0 radical (unpaired) electrons. The third-order valence-corrected chi connectivity index (χ3v) is 5.23. The monoisotopic (exact) mass is 404 g/mol. The van der Waals surface area contributed by atoms with Gasteiger partial charge in [-0.05, 0) is 48.4 Å². The molecule has 1 fully saturated rings. The van der Waals surface area contributed by atoms with Crippen LogP contribution in [0.4, 0.5) is 5.69 Å². The number of carbonyl (C=O) groups excluding carboxylic acids is 2. The predicted molar refractivity (Wildman–Crippen MR) is 114 cm³/mol. The molecule has 3 aromatic rings. The van der Waals surface area contributed by atoms with Gasteiger partial charge < -0.3 is 15.0 Å². The van der Waals surface area contributed by atoms with E-state index in [2.05, 4.69) is 10.4 Å². The second-order valence-electron chi connectivity index (χ2n) is 7.24. The van der Waals surface area contributed by atoms with Crippen LogP contribution in [0.5, 0.6) is 0 Å². The summed E-state index contributed by atoms with van der Waals surface area (Å²) in [5, 5.41) is 7.13. The van der Waals surface area contributed by atoms with Gasteiger partial charge in [0, 0.05) is 42.3 Å². The summed E-state index contributed by atoms with van der Waals surface area (Å²) in [5.41, 5.74) is 3.62. The van der Waals surface area contributed by atoms with Crippen LogP contribution in [-0.2, 0) is 11.3 Å². The van der Waals surface area contributed by atoms with Gasteiger partial charge in [-0.25, -0.2) is 0 Å². The van der Waals surface area contributed by atoms with E-state index in [0.29, 0.717) is 49.7 Å². The Morgan fingerprint density at radius 2 is 1.83 bits per heavy atom. The van der Waals surface area contributed by atoms with E-state index >= 15 is 0 Å². The third kappa shape index (κ3) is 4.41. The standard InChI is InChI=1S/C23H24N4O3/c1-17-20(23(29)26-12-14-30-15-13-26)4-2-5-21(17)25-22(28)19-8-6-18(7-9-19)16-27-11-3-10-24-27/h2-11H,12-16H2,1H3,(H,25,28). The summed E-state index contributed by atoms with van der Waals surface area (Å²) in [6.07, 6.45) is 3.64. The fourth-order valence-corrected chi connectivity index (χ4v) is 3.48. The Morgan fingerprint density at radius 3 is 2.53 bits per heavy atom. The first-order chi connectivity index (χ1) is 14.6. The molecule has 2 amide bonds. The van der Waals surface area contributed by atoms with E-state index in [1.165, 1.54) is 0 Å². The van der Waals surface area contributed by atoms with E-state index < -0.39 is 0 Å². The number of hydrogen-bond acceptors (Lipinski definition) is 4. The maximum Gasteiger partial charge on any atom is 0.255 e. The Balaban J connectivity index is 1.46. The minimum Gasteiger partial charge on any atom is -0.378 e. The first kappa shape index (κ1) is 19.8. The highest BCUT2D eigenvalue weighted by Gasteiger charge is 2.21. The van der Waals surface area contributed by atoms with Gasteiger partial charge in [-0.2, -0.15) is 5.10 Å². The van der Waals surface area contributed by atoms with Crippen molar-refractivity contribution in [3.8, 4) is 0 Å². The number of morpholine rings is 1. The molecule has 1 aliphatic rings. The Bertz CT molecular complexity index is 1020. The van der Waals surface area contributed by atoms with E-state index in [4.69, 9.17) is 4.74 Å². The van der Waals surface area contributed by atoms with Crippen LogP contribution < -0.4 is 5.32 Å². The quantitative estimate of drug-likeness (QED) is 0.709. The van der Waals surface area contributed by atoms with Crippen LogP contribution in [-0.4, -0.2) is 52.8 Å². The molecule has 0 saturated carbocycles. The van der Waals surface area contributed by atoms with Crippen molar-refractivity contribution in [3.05, 3.63) is 83.2 Å². The van der Waals surface area contributed by atoms with Gasteiger partial charge in [0.05, 0.1) is 19.8 Å². The number of carbonyl (C=O) groups is 2. The zero-order valence-corrected chi connectivity index (χ0v) is 16.9. The molecule has 0 bridgehead atoms. The first-order valence-corrected chi connectivity index (χ1v) is 9.96. The Labute approximate surface area is 175 Å². The van der Waals surface area contributed by atoms with Crippen LogP contribution in [0.25, 0.3) is 0 Å². The minimum absolute atomic E-state index is 0.0325. The number of amides is 2. The first-order valence-electron chi connectivity index (χ1n) is 9.96. The summed E-state index contributed by atoms with van der Waals surface area (Å²) < 4.78 is 7.15. The molecule has 1 aliphatic heterocycles. The van der Waals surface area contributed by atoms with Crippen LogP contribution in [0.1, 0.15) is 31.8 Å². The molecule has 2 heterocycles. The van der Waals surface area contributed by atoms with E-state index in [1.807, 2.05) is 42.1 Å². The van der Waals surface area contributed by atoms with Crippen molar-refractivity contribution in [2.24, 2.45) is 0 Å². The summed E-state index contributed by atoms with van der Waals surface area (Å²) in [6, 6.07) is 14.7. The number of rotatable bonds is 5. The Hall–Kier alpha value is -3.45. The molecule has 0 unspecified atom stereocenters. The predicted octanol–water partition coefficient (Wildman–Crippen LogP) is 2.96. The van der Waals surface area contributed by atoms with Gasteiger partial charge in [-0.3, -0.25) is 14.3 Å². The summed E-state index contributed by atoms with van der Waals surface area (Å²) in [6.45, 7) is 4.78. The summed E-state index contributed by atoms with van der Waals surface area (Å²) in [4.78, 5) is 27.4. The van der Waals surface area contributed by atoms with E-state index in [-0.39, 0.29) is 11.8 Å². The van der Waals surface area contributed by atoms with Crippen molar-refractivity contribution in [1.82, 2.24) is 14.7 Å². The molecule has 154 valence electrons. The molecule has 4 rings (SSSR count). The lowest BCUT2D eigenvalue weighted by Gasteiger charge is -2.27. The van der Waals surface area contributed by atoms with Crippen molar-refractivity contribution < 1.29 is 14.3 Å². The van der Waals surface area contributed by atoms with E-state index in [0.717, 1.165) is 11.1 Å². The molecule has 1 saturated heterocycles. The lowest BCUT2D eigenvalue weighted by molar-refractivity contribution is 0.0302. The Morgan fingerprint density at radius 1 is 1.07 bits per heavy atom. The number of ether oxygens (including phenoxy) is 1. The highest BCUT2D eigenvalue weighted by Crippen LogP contribution is 2.22. The van der Waals surface area contributed by atoms with E-state index in [9.17, 15) is 9.59 Å². The van der Waals surface area contributed by atoms with Crippen LogP contribution in [0.15, 0.2) is 60.9 Å². The largest absolute Gasteiger partial charge is 0.378 e. The van der Waals surface area contributed by atoms with Crippen LogP contribution >= 0.6 is 0 Å². The summed E-state index contributed by atoms with van der Waals surface area (Å²) in [5.74, 6) is -0.241. The molecule has 7 nitrogen and oxygen atoms in total. The van der Waals surface area contributed by atoms with Gasteiger partial charge in [0.1, 0.15) is 0 Å². The molecule has 1 aromatic heterocycles. The van der Waals surface area contributed by atoms with Crippen molar-refractivity contribution in [2.45, 2.75) is 13.5 Å². The summed E-state index contributed by atoms with van der Waals surface area (Å²) >= 11 is 0. The normalized spacial score (nSPS) is 13.8. The van der Waals surface area contributed by atoms with Crippen molar-refractivity contribution in [1.29, 1.82) is 0 Å². The van der Waals surface area contributed by atoms with Gasteiger partial charge in [0.2, 0.25) is 0 Å². The molecular weight excluding hydrogens is 380 g/mol. The molecule has 0 spiro atoms.